The Kier molecular flexibility index (Phi) is 6.47. The Morgan fingerprint density at radius 3 is 2.52 bits per heavy atom. The van der Waals surface area contributed by atoms with Crippen molar-refractivity contribution in [2.75, 3.05) is 13.2 Å². The molecule has 0 aliphatic carbocycles. The van der Waals surface area contributed by atoms with Crippen LogP contribution in [0, 0.1) is 10.1 Å². The molecule has 1 N–H and O–H groups in total. The average molecular weight is 363 g/mol. The number of ether oxygens (including phenoxy) is 1. The Hall–Kier alpha value is -2.93. The maximum Gasteiger partial charge on any atom is 0.340 e. The molecule has 0 saturated carbocycles. The number of benzene rings is 2. The average Bonchev–Trinajstić information content (AvgIpc) is 2.60. The lowest BCUT2D eigenvalue weighted by atomic mass is 10.1. The number of carbonyl (C=O) groups is 2. The van der Waals surface area contributed by atoms with E-state index in [1.165, 1.54) is 6.07 Å². The quantitative estimate of drug-likeness (QED) is 0.464. The summed E-state index contributed by atoms with van der Waals surface area (Å²) >= 11 is 5.83. The van der Waals surface area contributed by atoms with Gasteiger partial charge in [0.15, 0.2) is 6.61 Å². The summed E-state index contributed by atoms with van der Waals surface area (Å²) in [5, 5.41) is 13.2. The predicted octanol–water partition coefficient (Wildman–Crippen LogP) is 2.76. The van der Waals surface area contributed by atoms with Crippen molar-refractivity contribution in [1.29, 1.82) is 0 Å². The van der Waals surface area contributed by atoms with Gasteiger partial charge in [0.25, 0.3) is 11.6 Å². The number of nitro groups is 1. The minimum Gasteiger partial charge on any atom is -0.452 e. The lowest BCUT2D eigenvalue weighted by molar-refractivity contribution is -0.384. The maximum atomic E-state index is 11.9. The fraction of sp³-hybridized carbons (Fsp3) is 0.176. The predicted molar refractivity (Wildman–Crippen MR) is 91.5 cm³/mol. The lowest BCUT2D eigenvalue weighted by Crippen LogP contribution is -2.30. The Balaban J connectivity index is 1.79. The van der Waals surface area contributed by atoms with Crippen molar-refractivity contribution >= 4 is 29.2 Å². The maximum absolute atomic E-state index is 11.9. The fourth-order valence-corrected chi connectivity index (χ4v) is 2.29. The van der Waals surface area contributed by atoms with Crippen LogP contribution in [0.3, 0.4) is 0 Å². The van der Waals surface area contributed by atoms with Crippen LogP contribution in [0.5, 0.6) is 0 Å². The normalized spacial score (nSPS) is 10.1. The van der Waals surface area contributed by atoms with Crippen LogP contribution in [0.25, 0.3) is 0 Å². The van der Waals surface area contributed by atoms with Gasteiger partial charge >= 0.3 is 5.97 Å². The molecule has 0 atom stereocenters. The van der Waals surface area contributed by atoms with Gasteiger partial charge in [0.2, 0.25) is 0 Å². The lowest BCUT2D eigenvalue weighted by Gasteiger charge is -2.07. The summed E-state index contributed by atoms with van der Waals surface area (Å²) in [6.07, 6.45) is 0.661. The number of hydrogen-bond acceptors (Lipinski definition) is 5. The third kappa shape index (κ3) is 5.58. The molecule has 0 spiro atoms. The van der Waals surface area contributed by atoms with Crippen molar-refractivity contribution in [3.05, 3.63) is 74.8 Å². The molecule has 0 heterocycles. The van der Waals surface area contributed by atoms with E-state index in [0.29, 0.717) is 13.0 Å². The van der Waals surface area contributed by atoms with Crippen LogP contribution in [0.15, 0.2) is 48.5 Å². The Morgan fingerprint density at radius 1 is 1.16 bits per heavy atom. The van der Waals surface area contributed by atoms with Gasteiger partial charge in [-0.15, -0.1) is 0 Å². The fourth-order valence-electron chi connectivity index (χ4n) is 2.03. The molecule has 0 bridgehead atoms. The summed E-state index contributed by atoms with van der Waals surface area (Å²) < 4.78 is 4.87. The smallest absolute Gasteiger partial charge is 0.340 e. The van der Waals surface area contributed by atoms with Gasteiger partial charge in [0, 0.05) is 18.7 Å². The van der Waals surface area contributed by atoms with Crippen LogP contribution < -0.4 is 5.32 Å². The molecule has 0 radical (unpaired) electrons. The van der Waals surface area contributed by atoms with Gasteiger partial charge in [0.1, 0.15) is 0 Å². The third-order valence-electron chi connectivity index (χ3n) is 3.30. The van der Waals surface area contributed by atoms with Crippen LogP contribution in [-0.2, 0) is 16.0 Å². The zero-order valence-electron chi connectivity index (χ0n) is 13.1. The molecule has 7 nitrogen and oxygen atoms in total. The summed E-state index contributed by atoms with van der Waals surface area (Å²) in [5.74, 6) is -1.26. The molecule has 0 fully saturated rings. The summed E-state index contributed by atoms with van der Waals surface area (Å²) in [6.45, 7) is -0.0420. The molecular formula is C17H15ClN2O5. The molecule has 0 aromatic heterocycles. The van der Waals surface area contributed by atoms with Crippen LogP contribution in [0.4, 0.5) is 5.69 Å². The summed E-state index contributed by atoms with van der Waals surface area (Å²) in [5.41, 5.74) is 0.807. The molecular weight excluding hydrogens is 348 g/mol. The van der Waals surface area contributed by atoms with Crippen LogP contribution >= 0.6 is 11.6 Å². The topological polar surface area (TPSA) is 98.5 Å². The molecule has 25 heavy (non-hydrogen) atoms. The highest BCUT2D eigenvalue weighted by Gasteiger charge is 2.17. The number of nitrogens with zero attached hydrogens (tertiary/aromatic N) is 1. The summed E-state index contributed by atoms with van der Waals surface area (Å²) in [6, 6.07) is 13.0. The third-order valence-corrected chi connectivity index (χ3v) is 3.61. The number of rotatable bonds is 7. The molecule has 8 heteroatoms. The highest BCUT2D eigenvalue weighted by molar-refractivity contribution is 6.33. The molecule has 2 rings (SSSR count). The van der Waals surface area contributed by atoms with Crippen molar-refractivity contribution < 1.29 is 19.2 Å². The van der Waals surface area contributed by atoms with E-state index in [0.717, 1.165) is 17.7 Å². The highest BCUT2D eigenvalue weighted by Crippen LogP contribution is 2.23. The first-order chi connectivity index (χ1) is 12.0. The van der Waals surface area contributed by atoms with Gasteiger partial charge in [0.05, 0.1) is 15.5 Å². The first kappa shape index (κ1) is 18.4. The monoisotopic (exact) mass is 362 g/mol. The van der Waals surface area contributed by atoms with E-state index in [-0.39, 0.29) is 16.3 Å². The van der Waals surface area contributed by atoms with Crippen molar-refractivity contribution in [3.8, 4) is 0 Å². The molecule has 130 valence electrons. The van der Waals surface area contributed by atoms with Gasteiger partial charge in [-0.25, -0.2) is 4.79 Å². The van der Waals surface area contributed by atoms with Crippen LogP contribution in [-0.4, -0.2) is 30.0 Å². The van der Waals surface area contributed by atoms with Gasteiger partial charge in [-0.2, -0.15) is 0 Å². The molecule has 0 aliphatic rings. The Morgan fingerprint density at radius 2 is 1.88 bits per heavy atom. The van der Waals surface area contributed by atoms with Crippen LogP contribution in [0.2, 0.25) is 5.02 Å². The number of non-ortho nitro benzene ring substituents is 1. The van der Waals surface area contributed by atoms with E-state index < -0.39 is 23.4 Å². The van der Waals surface area contributed by atoms with Crippen molar-refractivity contribution in [2.24, 2.45) is 0 Å². The molecule has 2 aromatic rings. The molecule has 0 aliphatic heterocycles. The van der Waals surface area contributed by atoms with E-state index >= 15 is 0 Å². The van der Waals surface area contributed by atoms with E-state index in [1.54, 1.807) is 0 Å². The molecule has 2 aromatic carbocycles. The van der Waals surface area contributed by atoms with Crippen molar-refractivity contribution in [2.45, 2.75) is 6.42 Å². The van der Waals surface area contributed by atoms with Crippen LogP contribution in [0.1, 0.15) is 15.9 Å². The summed E-state index contributed by atoms with van der Waals surface area (Å²) in [4.78, 5) is 33.6. The second-order valence-electron chi connectivity index (χ2n) is 5.08. The first-order valence-electron chi connectivity index (χ1n) is 7.39. The number of carbonyl (C=O) groups excluding carboxylic acids is 2. The van der Waals surface area contributed by atoms with Gasteiger partial charge < -0.3 is 10.1 Å². The number of nitrogens with one attached hydrogen (secondary N) is 1. The standard InChI is InChI=1S/C17H15ClN2O5/c18-15-10-13(20(23)24)6-7-14(15)17(22)25-11-16(21)19-9-8-12-4-2-1-3-5-12/h1-7,10H,8-9,11H2,(H,19,21). The highest BCUT2D eigenvalue weighted by atomic mass is 35.5. The van der Waals surface area contributed by atoms with E-state index in [1.807, 2.05) is 30.3 Å². The zero-order valence-corrected chi connectivity index (χ0v) is 13.9. The molecule has 0 saturated heterocycles. The number of amides is 1. The Labute approximate surface area is 148 Å². The molecule has 1 amide bonds. The number of nitro benzene ring substituents is 1. The van der Waals surface area contributed by atoms with Gasteiger partial charge in [-0.1, -0.05) is 41.9 Å². The second kappa shape index (κ2) is 8.79. The SMILES string of the molecule is O=C(COC(=O)c1ccc([N+](=O)[O-])cc1Cl)NCCc1ccccc1. The molecule has 0 unspecified atom stereocenters. The van der Waals surface area contributed by atoms with Gasteiger partial charge in [-0.3, -0.25) is 14.9 Å². The largest absolute Gasteiger partial charge is 0.452 e. The Bertz CT molecular complexity index is 780. The van der Waals surface area contributed by atoms with E-state index in [9.17, 15) is 19.7 Å². The van der Waals surface area contributed by atoms with Crippen molar-refractivity contribution in [1.82, 2.24) is 5.32 Å². The number of halogens is 1. The summed E-state index contributed by atoms with van der Waals surface area (Å²) in [7, 11) is 0. The number of esters is 1. The van der Waals surface area contributed by atoms with E-state index in [2.05, 4.69) is 5.32 Å². The zero-order chi connectivity index (χ0) is 18.2. The first-order valence-corrected chi connectivity index (χ1v) is 7.77. The minimum atomic E-state index is -0.821. The minimum absolute atomic E-state index is 0.0376. The van der Waals surface area contributed by atoms with Gasteiger partial charge in [-0.05, 0) is 18.1 Å². The van der Waals surface area contributed by atoms with E-state index in [4.69, 9.17) is 16.3 Å². The van der Waals surface area contributed by atoms with Crippen molar-refractivity contribution in [3.63, 3.8) is 0 Å². The number of hydrogen-bond donors (Lipinski definition) is 1. The second-order valence-corrected chi connectivity index (χ2v) is 5.49.